The molecule has 3 aromatic heterocycles. The van der Waals surface area contributed by atoms with Gasteiger partial charge in [0.2, 0.25) is 0 Å². The van der Waals surface area contributed by atoms with Gasteiger partial charge in [-0.2, -0.15) is 5.10 Å². The molecule has 1 aromatic carbocycles. The summed E-state index contributed by atoms with van der Waals surface area (Å²) in [6.07, 6.45) is 9.32. The van der Waals surface area contributed by atoms with E-state index in [4.69, 9.17) is 5.73 Å². The average molecular weight is 446 g/mol. The average Bonchev–Trinajstić information content (AvgIpc) is 3.45. The summed E-state index contributed by atoms with van der Waals surface area (Å²) in [6.45, 7) is 0. The number of benzene rings is 1. The molecule has 1 saturated carbocycles. The number of carbonyl (C=O) groups is 1. The molecule has 3 heterocycles. The Hall–Kier alpha value is -3.92. The number of nitrogens with one attached hydrogen (secondary N) is 3. The summed E-state index contributed by atoms with van der Waals surface area (Å²) in [4.78, 5) is 16.9. The Balaban J connectivity index is 1.31. The molecule has 33 heavy (non-hydrogen) atoms. The van der Waals surface area contributed by atoms with Gasteiger partial charge in [0.05, 0.1) is 11.9 Å². The van der Waals surface area contributed by atoms with Gasteiger partial charge in [-0.3, -0.25) is 9.48 Å². The first kappa shape index (κ1) is 21.0. The summed E-state index contributed by atoms with van der Waals surface area (Å²) in [5, 5.41) is 18.5. The van der Waals surface area contributed by atoms with E-state index in [0.29, 0.717) is 23.5 Å². The van der Waals surface area contributed by atoms with Gasteiger partial charge in [-0.1, -0.05) is 0 Å². The van der Waals surface area contributed by atoms with E-state index in [1.807, 2.05) is 24.4 Å². The number of imidazole rings is 1. The van der Waals surface area contributed by atoms with Crippen molar-refractivity contribution in [1.29, 1.82) is 0 Å². The summed E-state index contributed by atoms with van der Waals surface area (Å²) in [6, 6.07) is 11.7. The zero-order chi connectivity index (χ0) is 22.8. The minimum atomic E-state index is -0.191. The summed E-state index contributed by atoms with van der Waals surface area (Å²) < 4.78 is 3.37. The first-order valence-corrected chi connectivity index (χ1v) is 11.1. The molecule has 1 aliphatic carbocycles. The molecule has 5 N–H and O–H groups in total. The molecular weight excluding hydrogens is 418 g/mol. The number of rotatable bonds is 6. The normalized spacial score (nSPS) is 18.2. The second-order valence-corrected chi connectivity index (χ2v) is 8.39. The number of anilines is 4. The molecule has 1 amide bonds. The van der Waals surface area contributed by atoms with Crippen LogP contribution >= 0.6 is 0 Å². The molecule has 0 saturated heterocycles. The maximum absolute atomic E-state index is 12.5. The van der Waals surface area contributed by atoms with Crippen LogP contribution in [0.3, 0.4) is 0 Å². The molecule has 10 heteroatoms. The number of fused-ring (bicyclic) bond motifs is 1. The standard InChI is InChI=1S/C23H27N9O/c1-31-21(10-11-26-31)29-23(33)15-2-6-17(7-3-15)27-19-14-20(30-32-13-12-25-22(19)32)28-18-8-4-16(24)5-9-18/h2-3,6-7,10-14,16,18,27H,4-5,8-9,24H2,1H3,(H,28,30)(H,29,33)/t16-,18-. The van der Waals surface area contributed by atoms with Gasteiger partial charge in [0.25, 0.3) is 5.91 Å². The molecule has 0 bridgehead atoms. The van der Waals surface area contributed by atoms with Gasteiger partial charge < -0.3 is 21.7 Å². The zero-order valence-electron chi connectivity index (χ0n) is 18.4. The number of amides is 1. The number of aryl methyl sites for hydroxylation is 1. The lowest BCUT2D eigenvalue weighted by Gasteiger charge is -2.27. The van der Waals surface area contributed by atoms with Crippen LogP contribution in [0.1, 0.15) is 36.0 Å². The molecular formula is C23H27N9O. The quantitative estimate of drug-likeness (QED) is 0.359. The van der Waals surface area contributed by atoms with Crippen molar-refractivity contribution in [3.8, 4) is 0 Å². The van der Waals surface area contributed by atoms with E-state index in [9.17, 15) is 4.79 Å². The van der Waals surface area contributed by atoms with Crippen molar-refractivity contribution in [3.63, 3.8) is 0 Å². The Bertz CT molecular complexity index is 1250. The predicted molar refractivity (Wildman–Crippen MR) is 128 cm³/mol. The van der Waals surface area contributed by atoms with E-state index >= 15 is 0 Å². The molecule has 170 valence electrons. The lowest BCUT2D eigenvalue weighted by Crippen LogP contribution is -2.33. The fourth-order valence-electron chi connectivity index (χ4n) is 4.10. The number of hydrogen-bond donors (Lipinski definition) is 4. The van der Waals surface area contributed by atoms with Crippen LogP contribution in [0.15, 0.2) is 55.0 Å². The third-order valence-electron chi connectivity index (χ3n) is 5.97. The van der Waals surface area contributed by atoms with E-state index in [-0.39, 0.29) is 5.91 Å². The second-order valence-electron chi connectivity index (χ2n) is 8.39. The highest BCUT2D eigenvalue weighted by Crippen LogP contribution is 2.26. The maximum atomic E-state index is 12.5. The third kappa shape index (κ3) is 4.65. The first-order valence-electron chi connectivity index (χ1n) is 11.1. The number of nitrogens with two attached hydrogens (primary N) is 1. The van der Waals surface area contributed by atoms with Crippen LogP contribution in [0.2, 0.25) is 0 Å². The number of hydrogen-bond acceptors (Lipinski definition) is 7. The van der Waals surface area contributed by atoms with Crippen molar-refractivity contribution in [3.05, 3.63) is 60.6 Å². The Morgan fingerprint density at radius 2 is 1.88 bits per heavy atom. The fraction of sp³-hybridized carbons (Fsp3) is 0.304. The molecule has 1 aliphatic rings. The highest BCUT2D eigenvalue weighted by molar-refractivity contribution is 6.04. The van der Waals surface area contributed by atoms with Crippen molar-refractivity contribution >= 4 is 34.6 Å². The Kier molecular flexibility index (Phi) is 5.66. The van der Waals surface area contributed by atoms with Crippen LogP contribution in [0, 0.1) is 0 Å². The van der Waals surface area contributed by atoms with Crippen molar-refractivity contribution in [2.24, 2.45) is 12.8 Å². The largest absolute Gasteiger partial charge is 0.366 e. The number of aromatic nitrogens is 5. The van der Waals surface area contributed by atoms with E-state index in [2.05, 4.69) is 31.1 Å². The van der Waals surface area contributed by atoms with Crippen LogP contribution in [0.4, 0.5) is 23.0 Å². The van der Waals surface area contributed by atoms with Gasteiger partial charge in [0.15, 0.2) is 5.65 Å². The topological polar surface area (TPSA) is 127 Å². The molecule has 1 fully saturated rings. The SMILES string of the molecule is Cn1nccc1NC(=O)c1ccc(Nc2cc(N[C@H]3CC[C@H](N)CC3)nn3ccnc23)cc1. The molecule has 0 radical (unpaired) electrons. The molecule has 4 aromatic rings. The van der Waals surface area contributed by atoms with Crippen molar-refractivity contribution in [2.75, 3.05) is 16.0 Å². The van der Waals surface area contributed by atoms with Gasteiger partial charge in [-0.05, 0) is 49.9 Å². The van der Waals surface area contributed by atoms with Crippen LogP contribution in [-0.2, 0) is 7.05 Å². The third-order valence-corrected chi connectivity index (χ3v) is 5.97. The molecule has 0 atom stereocenters. The van der Waals surface area contributed by atoms with Crippen LogP contribution < -0.4 is 21.7 Å². The van der Waals surface area contributed by atoms with Gasteiger partial charge >= 0.3 is 0 Å². The maximum Gasteiger partial charge on any atom is 0.256 e. The van der Waals surface area contributed by atoms with E-state index < -0.39 is 0 Å². The first-order chi connectivity index (χ1) is 16.0. The Labute approximate surface area is 191 Å². The van der Waals surface area contributed by atoms with Crippen LogP contribution in [0.5, 0.6) is 0 Å². The number of carbonyl (C=O) groups excluding carboxylic acids is 1. The highest BCUT2D eigenvalue weighted by atomic mass is 16.1. The predicted octanol–water partition coefficient (Wildman–Crippen LogP) is 3.14. The van der Waals surface area contributed by atoms with E-state index in [0.717, 1.165) is 48.5 Å². The van der Waals surface area contributed by atoms with E-state index in [1.165, 1.54) is 0 Å². The molecule has 0 spiro atoms. The lowest BCUT2D eigenvalue weighted by molar-refractivity contribution is 0.102. The molecule has 5 rings (SSSR count). The fourth-order valence-corrected chi connectivity index (χ4v) is 4.10. The van der Waals surface area contributed by atoms with Crippen molar-refractivity contribution in [1.82, 2.24) is 24.4 Å². The van der Waals surface area contributed by atoms with Gasteiger partial charge in [0.1, 0.15) is 11.6 Å². The summed E-state index contributed by atoms with van der Waals surface area (Å²) in [5.74, 6) is 1.24. The van der Waals surface area contributed by atoms with Crippen molar-refractivity contribution in [2.45, 2.75) is 37.8 Å². The number of nitrogens with zero attached hydrogens (tertiary/aromatic N) is 5. The molecule has 10 nitrogen and oxygen atoms in total. The van der Waals surface area contributed by atoms with Gasteiger partial charge in [-0.25, -0.2) is 9.50 Å². The van der Waals surface area contributed by atoms with E-state index in [1.54, 1.807) is 46.8 Å². The lowest BCUT2D eigenvalue weighted by atomic mass is 9.92. The highest BCUT2D eigenvalue weighted by Gasteiger charge is 2.19. The minimum absolute atomic E-state index is 0.191. The van der Waals surface area contributed by atoms with Crippen molar-refractivity contribution < 1.29 is 4.79 Å². The van der Waals surface area contributed by atoms with Gasteiger partial charge in [0, 0.05) is 54.9 Å². The Morgan fingerprint density at radius 1 is 1.09 bits per heavy atom. The zero-order valence-corrected chi connectivity index (χ0v) is 18.4. The monoisotopic (exact) mass is 445 g/mol. The smallest absolute Gasteiger partial charge is 0.256 e. The molecule has 0 aliphatic heterocycles. The summed E-state index contributed by atoms with van der Waals surface area (Å²) in [5.41, 5.74) is 8.99. The minimum Gasteiger partial charge on any atom is -0.366 e. The van der Waals surface area contributed by atoms with Crippen LogP contribution in [0.25, 0.3) is 5.65 Å². The van der Waals surface area contributed by atoms with Gasteiger partial charge in [-0.15, -0.1) is 5.10 Å². The second kappa shape index (κ2) is 8.91. The molecule has 0 unspecified atom stereocenters. The Morgan fingerprint density at radius 3 is 2.61 bits per heavy atom. The summed E-state index contributed by atoms with van der Waals surface area (Å²) in [7, 11) is 1.78. The summed E-state index contributed by atoms with van der Waals surface area (Å²) >= 11 is 0. The van der Waals surface area contributed by atoms with Crippen LogP contribution in [-0.4, -0.2) is 42.4 Å².